The molecule has 0 aliphatic heterocycles. The molecule has 2 aromatic rings. The number of hydrogen-bond donors (Lipinski definition) is 2. The Hall–Kier alpha value is -2.56. The molecule has 0 aliphatic rings. The zero-order valence-electron chi connectivity index (χ0n) is 10.8. The molecule has 0 aliphatic carbocycles. The number of rotatable bonds is 6. The predicted molar refractivity (Wildman–Crippen MR) is 74.8 cm³/mol. The SMILES string of the molecule is N=C(N)c1ccc(OCCOc2ccc(F)cc2)cc1. The molecule has 0 bridgehead atoms. The Morgan fingerprint density at radius 3 is 1.80 bits per heavy atom. The largest absolute Gasteiger partial charge is 0.490 e. The van der Waals surface area contributed by atoms with Gasteiger partial charge >= 0.3 is 0 Å². The second kappa shape index (κ2) is 6.56. The second-order valence-electron chi connectivity index (χ2n) is 4.09. The highest BCUT2D eigenvalue weighted by Gasteiger charge is 1.98. The van der Waals surface area contributed by atoms with Crippen molar-refractivity contribution in [1.29, 1.82) is 5.41 Å². The van der Waals surface area contributed by atoms with Crippen LogP contribution in [-0.2, 0) is 0 Å². The number of ether oxygens (including phenoxy) is 2. The maximum absolute atomic E-state index is 12.7. The topological polar surface area (TPSA) is 68.3 Å². The molecule has 0 aromatic heterocycles. The van der Waals surface area contributed by atoms with Gasteiger partial charge in [0, 0.05) is 5.56 Å². The molecule has 0 amide bonds. The van der Waals surface area contributed by atoms with Crippen molar-refractivity contribution in [3.05, 3.63) is 59.9 Å². The monoisotopic (exact) mass is 274 g/mol. The Balaban J connectivity index is 1.75. The Bertz CT molecular complexity index is 567. The zero-order valence-corrected chi connectivity index (χ0v) is 10.8. The van der Waals surface area contributed by atoms with Crippen LogP contribution in [0.25, 0.3) is 0 Å². The second-order valence-corrected chi connectivity index (χ2v) is 4.09. The van der Waals surface area contributed by atoms with Crippen LogP contribution < -0.4 is 15.2 Å². The molecule has 0 spiro atoms. The van der Waals surface area contributed by atoms with Gasteiger partial charge in [-0.3, -0.25) is 5.41 Å². The normalized spacial score (nSPS) is 10.1. The van der Waals surface area contributed by atoms with E-state index < -0.39 is 0 Å². The highest BCUT2D eigenvalue weighted by atomic mass is 19.1. The summed E-state index contributed by atoms with van der Waals surface area (Å²) < 4.78 is 23.6. The number of amidine groups is 1. The standard InChI is InChI=1S/C15H15FN2O2/c16-12-3-7-14(8-4-12)20-10-9-19-13-5-1-11(2-6-13)15(17)18/h1-8H,9-10H2,(H3,17,18). The Kier molecular flexibility index (Phi) is 4.55. The van der Waals surface area contributed by atoms with Crippen molar-refractivity contribution in [2.45, 2.75) is 0 Å². The van der Waals surface area contributed by atoms with Gasteiger partial charge in [-0.15, -0.1) is 0 Å². The van der Waals surface area contributed by atoms with Gasteiger partial charge in [0.2, 0.25) is 0 Å². The quantitative estimate of drug-likeness (QED) is 0.483. The van der Waals surface area contributed by atoms with Gasteiger partial charge in [0.15, 0.2) is 0 Å². The molecule has 5 heteroatoms. The number of halogens is 1. The van der Waals surface area contributed by atoms with E-state index in [1.807, 2.05) is 0 Å². The fourth-order valence-corrected chi connectivity index (χ4v) is 1.58. The van der Waals surface area contributed by atoms with E-state index >= 15 is 0 Å². The molecule has 0 radical (unpaired) electrons. The molecule has 20 heavy (non-hydrogen) atoms. The fraction of sp³-hybridized carbons (Fsp3) is 0.133. The van der Waals surface area contributed by atoms with E-state index in [0.29, 0.717) is 30.3 Å². The van der Waals surface area contributed by atoms with Crippen LogP contribution in [0.1, 0.15) is 5.56 Å². The summed E-state index contributed by atoms with van der Waals surface area (Å²) in [7, 11) is 0. The number of nitrogen functional groups attached to an aromatic ring is 1. The lowest BCUT2D eigenvalue weighted by Gasteiger charge is -2.08. The van der Waals surface area contributed by atoms with Crippen LogP contribution in [0.4, 0.5) is 4.39 Å². The summed E-state index contributed by atoms with van der Waals surface area (Å²) in [6.07, 6.45) is 0. The number of benzene rings is 2. The summed E-state index contributed by atoms with van der Waals surface area (Å²) in [4.78, 5) is 0. The van der Waals surface area contributed by atoms with Crippen molar-refractivity contribution in [2.75, 3.05) is 13.2 Å². The van der Waals surface area contributed by atoms with Crippen LogP contribution in [0.3, 0.4) is 0 Å². The molecule has 104 valence electrons. The summed E-state index contributed by atoms with van der Waals surface area (Å²) in [5.74, 6) is 1.01. The number of nitrogens with two attached hydrogens (primary N) is 1. The maximum Gasteiger partial charge on any atom is 0.123 e. The lowest BCUT2D eigenvalue weighted by atomic mass is 10.2. The number of nitrogens with one attached hydrogen (secondary N) is 1. The zero-order chi connectivity index (χ0) is 14.4. The molecule has 3 N–H and O–H groups in total. The third-order valence-corrected chi connectivity index (χ3v) is 2.60. The molecule has 2 aromatic carbocycles. The minimum atomic E-state index is -0.292. The lowest BCUT2D eigenvalue weighted by Crippen LogP contribution is -2.11. The van der Waals surface area contributed by atoms with E-state index in [9.17, 15) is 4.39 Å². The van der Waals surface area contributed by atoms with Crippen LogP contribution in [0.15, 0.2) is 48.5 Å². The van der Waals surface area contributed by atoms with Crippen LogP contribution in [0.2, 0.25) is 0 Å². The third kappa shape index (κ3) is 3.98. The van der Waals surface area contributed by atoms with E-state index in [1.54, 1.807) is 36.4 Å². The molecule has 0 fully saturated rings. The van der Waals surface area contributed by atoms with Crippen LogP contribution in [0, 0.1) is 11.2 Å². The van der Waals surface area contributed by atoms with Crippen molar-refractivity contribution < 1.29 is 13.9 Å². The van der Waals surface area contributed by atoms with Gasteiger partial charge in [-0.25, -0.2) is 4.39 Å². The van der Waals surface area contributed by atoms with Gasteiger partial charge in [0.1, 0.15) is 36.4 Å². The average Bonchev–Trinajstić information content (AvgIpc) is 2.46. The van der Waals surface area contributed by atoms with Crippen LogP contribution in [-0.4, -0.2) is 19.0 Å². The molecular formula is C15H15FN2O2. The first-order chi connectivity index (χ1) is 9.65. The summed E-state index contributed by atoms with van der Waals surface area (Å²) in [6.45, 7) is 0.733. The highest BCUT2D eigenvalue weighted by molar-refractivity contribution is 5.94. The molecule has 0 saturated heterocycles. The third-order valence-electron chi connectivity index (χ3n) is 2.60. The Labute approximate surface area is 116 Å². The van der Waals surface area contributed by atoms with Gasteiger partial charge in [0.25, 0.3) is 0 Å². The van der Waals surface area contributed by atoms with Crippen molar-refractivity contribution in [2.24, 2.45) is 5.73 Å². The van der Waals surface area contributed by atoms with Gasteiger partial charge in [-0.2, -0.15) is 0 Å². The summed E-state index contributed by atoms with van der Waals surface area (Å²) in [5.41, 5.74) is 6.01. The summed E-state index contributed by atoms with van der Waals surface area (Å²) in [5, 5.41) is 7.27. The van der Waals surface area contributed by atoms with Crippen molar-refractivity contribution >= 4 is 5.84 Å². The number of hydrogen-bond acceptors (Lipinski definition) is 3. The maximum atomic E-state index is 12.7. The highest BCUT2D eigenvalue weighted by Crippen LogP contribution is 2.13. The molecule has 2 rings (SSSR count). The van der Waals surface area contributed by atoms with Crippen molar-refractivity contribution in [3.8, 4) is 11.5 Å². The Morgan fingerprint density at radius 1 is 0.900 bits per heavy atom. The molecule has 0 unspecified atom stereocenters. The Morgan fingerprint density at radius 2 is 1.35 bits per heavy atom. The summed E-state index contributed by atoms with van der Waals surface area (Å²) in [6, 6.07) is 12.8. The smallest absolute Gasteiger partial charge is 0.123 e. The first kappa shape index (κ1) is 13.9. The van der Waals surface area contributed by atoms with Crippen molar-refractivity contribution in [1.82, 2.24) is 0 Å². The minimum absolute atomic E-state index is 0.0243. The van der Waals surface area contributed by atoms with E-state index in [-0.39, 0.29) is 11.7 Å². The van der Waals surface area contributed by atoms with E-state index in [2.05, 4.69) is 0 Å². The van der Waals surface area contributed by atoms with E-state index in [1.165, 1.54) is 12.1 Å². The lowest BCUT2D eigenvalue weighted by molar-refractivity contribution is 0.217. The molecule has 0 heterocycles. The predicted octanol–water partition coefficient (Wildman–Crippen LogP) is 2.57. The first-order valence-corrected chi connectivity index (χ1v) is 6.11. The van der Waals surface area contributed by atoms with Gasteiger partial charge in [0.05, 0.1) is 0 Å². The first-order valence-electron chi connectivity index (χ1n) is 6.11. The van der Waals surface area contributed by atoms with E-state index in [4.69, 9.17) is 20.6 Å². The molecule has 4 nitrogen and oxygen atoms in total. The molecule has 0 atom stereocenters. The van der Waals surface area contributed by atoms with Crippen LogP contribution >= 0.6 is 0 Å². The summed E-state index contributed by atoms with van der Waals surface area (Å²) >= 11 is 0. The van der Waals surface area contributed by atoms with Crippen LogP contribution in [0.5, 0.6) is 11.5 Å². The van der Waals surface area contributed by atoms with Crippen molar-refractivity contribution in [3.63, 3.8) is 0 Å². The van der Waals surface area contributed by atoms with Gasteiger partial charge in [-0.05, 0) is 48.5 Å². The van der Waals surface area contributed by atoms with Gasteiger partial charge in [-0.1, -0.05) is 0 Å². The minimum Gasteiger partial charge on any atom is -0.490 e. The average molecular weight is 274 g/mol. The van der Waals surface area contributed by atoms with Gasteiger partial charge < -0.3 is 15.2 Å². The molecular weight excluding hydrogens is 259 g/mol. The molecule has 0 saturated carbocycles. The van der Waals surface area contributed by atoms with E-state index in [0.717, 1.165) is 0 Å². The fourth-order valence-electron chi connectivity index (χ4n) is 1.58.